The summed E-state index contributed by atoms with van der Waals surface area (Å²) in [7, 11) is 3.06. The normalized spacial score (nSPS) is 12.5. The Morgan fingerprint density at radius 1 is 0.565 bits per heavy atom. The van der Waals surface area contributed by atoms with E-state index in [1.54, 1.807) is 43.3 Å². The molecular weight excluding hydrogens is 994 g/mol. The molecule has 0 fully saturated rings. The smallest absolute Gasteiger partial charge is 0.258 e. The van der Waals surface area contributed by atoms with E-state index in [-0.39, 0.29) is 43.9 Å². The predicted molar refractivity (Wildman–Crippen MR) is 270 cm³/mol. The van der Waals surface area contributed by atoms with Gasteiger partial charge in [0.2, 0.25) is 12.1 Å². The average Bonchev–Trinajstić information content (AvgIpc) is 3.30. The van der Waals surface area contributed by atoms with Gasteiger partial charge in [-0.3, -0.25) is 28.8 Å². The van der Waals surface area contributed by atoms with Gasteiger partial charge in [0.15, 0.2) is 11.6 Å². The molecule has 0 bridgehead atoms. The van der Waals surface area contributed by atoms with E-state index in [1.165, 1.54) is 68.8 Å². The zero-order valence-electron chi connectivity index (χ0n) is 37.7. The second-order valence-corrected chi connectivity index (χ2v) is 17.4. The Bertz CT molecular complexity index is 2820. The highest BCUT2D eigenvalue weighted by Gasteiger charge is 2.27. The third kappa shape index (κ3) is 15.0. The second kappa shape index (κ2) is 25.3. The Morgan fingerprint density at radius 2 is 1.00 bits per heavy atom. The fourth-order valence-corrected chi connectivity index (χ4v) is 7.60. The lowest BCUT2D eigenvalue weighted by Crippen LogP contribution is -2.32. The molecule has 3 atom stereocenters. The van der Waals surface area contributed by atoms with Crippen LogP contribution in [0.25, 0.3) is 0 Å². The van der Waals surface area contributed by atoms with Gasteiger partial charge in [0.05, 0.1) is 31.0 Å². The largest absolute Gasteiger partial charge is 0.497 e. The number of aryl methyl sites for hydroxylation is 2. The molecule has 0 aliphatic carbocycles. The molecule has 0 saturated heterocycles. The molecule has 0 aliphatic rings. The van der Waals surface area contributed by atoms with Gasteiger partial charge in [0.1, 0.15) is 11.5 Å². The highest BCUT2D eigenvalue weighted by molar-refractivity contribution is 6.32. The van der Waals surface area contributed by atoms with Crippen LogP contribution in [0.1, 0.15) is 63.6 Å². The number of carbonyl (C=O) groups is 6. The minimum atomic E-state index is -1.63. The van der Waals surface area contributed by atoms with Crippen molar-refractivity contribution in [2.75, 3.05) is 47.2 Å². The first kappa shape index (κ1) is 53.5. The number of ether oxygens (including phenoxy) is 2. The first-order valence-corrected chi connectivity index (χ1v) is 23.1. The number of ketones is 2. The van der Waals surface area contributed by atoms with Crippen LogP contribution in [0.4, 0.5) is 34.1 Å². The van der Waals surface area contributed by atoms with Crippen molar-refractivity contribution in [2.45, 2.75) is 51.1 Å². The molecule has 69 heavy (non-hydrogen) atoms. The number of amides is 4. The summed E-state index contributed by atoms with van der Waals surface area (Å²) in [6, 6.07) is 19.8. The average molecular weight is 1040 g/mol. The summed E-state index contributed by atoms with van der Waals surface area (Å²) in [5, 5.41) is 26.6. The third-order valence-corrected chi connectivity index (χ3v) is 11.0. The highest BCUT2D eigenvalue weighted by Crippen LogP contribution is 2.32. The molecule has 3 unspecified atom stereocenters. The molecule has 0 aromatic heterocycles. The van der Waals surface area contributed by atoms with Crippen LogP contribution in [0.3, 0.4) is 0 Å². The van der Waals surface area contributed by atoms with E-state index < -0.39 is 52.7 Å². The van der Waals surface area contributed by atoms with Crippen LogP contribution in [-0.4, -0.2) is 73.3 Å². The lowest BCUT2D eigenvalue weighted by atomic mass is 10.1. The topological polar surface area (TPSA) is 218 Å². The zero-order chi connectivity index (χ0) is 50.4. The summed E-state index contributed by atoms with van der Waals surface area (Å²) < 4.78 is 10.6. The van der Waals surface area contributed by atoms with E-state index in [0.717, 1.165) is 25.0 Å². The molecule has 360 valence electrons. The summed E-state index contributed by atoms with van der Waals surface area (Å²) in [5.74, 6) is -2.23. The molecule has 21 heteroatoms. The van der Waals surface area contributed by atoms with Crippen LogP contribution >= 0.6 is 58.0 Å². The van der Waals surface area contributed by atoms with Crippen molar-refractivity contribution in [1.29, 1.82) is 0 Å². The van der Waals surface area contributed by atoms with E-state index >= 15 is 0 Å². The van der Waals surface area contributed by atoms with E-state index in [9.17, 15) is 28.8 Å². The number of methoxy groups -OCH3 is 2. The molecule has 0 spiro atoms. The summed E-state index contributed by atoms with van der Waals surface area (Å²) in [6.45, 7) is 3.93. The lowest BCUT2D eigenvalue weighted by molar-refractivity contribution is -0.127. The Labute approximate surface area is 422 Å². The van der Waals surface area contributed by atoms with Crippen molar-refractivity contribution in [3.63, 3.8) is 0 Å². The standard InChI is InChI=1S/C48H45Cl5N8O8/c1-25(51)39-24-34(54-47(66)43(26(2)62)60-58-35-18-30(16-32(52)22-35)45(64)55-40-10-7-37(68-4)20-28(40)12-14-49)6-9-42(39)57-48(67)44(27(3)63)61-59-36-19-31(17-33(53)23-36)46(65)56-41-11-8-38(69-5)21-29(41)13-15-50/h6-11,16-25,43-44H,12-15H2,1-5H3,(H,54,66)(H,55,64)(H,56,65)(H,57,67). The Morgan fingerprint density at radius 3 is 1.41 bits per heavy atom. The molecule has 0 saturated carbocycles. The predicted octanol–water partition coefficient (Wildman–Crippen LogP) is 11.7. The van der Waals surface area contributed by atoms with E-state index in [2.05, 4.69) is 41.7 Å². The van der Waals surface area contributed by atoms with Gasteiger partial charge in [0.25, 0.3) is 23.6 Å². The summed E-state index contributed by atoms with van der Waals surface area (Å²) in [4.78, 5) is 79.1. The molecule has 4 N–H and O–H groups in total. The highest BCUT2D eigenvalue weighted by atomic mass is 35.5. The van der Waals surface area contributed by atoms with Gasteiger partial charge in [-0.1, -0.05) is 23.2 Å². The first-order valence-electron chi connectivity index (χ1n) is 20.8. The molecule has 0 aliphatic heterocycles. The van der Waals surface area contributed by atoms with Crippen molar-refractivity contribution >= 4 is 127 Å². The monoisotopic (exact) mass is 1040 g/mol. The number of azo groups is 2. The van der Waals surface area contributed by atoms with Crippen LogP contribution < -0.4 is 30.7 Å². The van der Waals surface area contributed by atoms with Crippen LogP contribution in [0.5, 0.6) is 11.5 Å². The molecule has 5 rings (SSSR count). The quantitative estimate of drug-likeness (QED) is 0.0314. The lowest BCUT2D eigenvalue weighted by Gasteiger charge is -2.17. The van der Waals surface area contributed by atoms with Gasteiger partial charge in [-0.15, -0.1) is 34.8 Å². The molecule has 0 radical (unpaired) electrons. The fraction of sp³-hybridized carbons (Fsp3) is 0.250. The number of halogens is 5. The van der Waals surface area contributed by atoms with Crippen molar-refractivity contribution < 1.29 is 38.2 Å². The van der Waals surface area contributed by atoms with Crippen LogP contribution in [0, 0.1) is 0 Å². The SMILES string of the molecule is COc1ccc(NC(=O)c2cc(Cl)cc(N=NC(C(C)=O)C(=O)Nc3ccc(NC(=O)C(N=Nc4cc(Cl)cc(C(=O)Nc5ccc(OC)cc5CCCl)c4)C(C)=O)c(C(C)Cl)c3)c2)c(CCCl)c1. The maximum Gasteiger partial charge on any atom is 0.258 e. The zero-order valence-corrected chi connectivity index (χ0v) is 41.4. The molecule has 0 heterocycles. The number of alkyl halides is 3. The summed E-state index contributed by atoms with van der Waals surface area (Å²) in [6.07, 6.45) is 0.924. The summed E-state index contributed by atoms with van der Waals surface area (Å²) >= 11 is 31.1. The number of Topliss-reactive ketones (excluding diaryl/α,β-unsaturated/α-hetero) is 2. The van der Waals surface area contributed by atoms with Gasteiger partial charge in [-0.25, -0.2) is 0 Å². The van der Waals surface area contributed by atoms with Gasteiger partial charge < -0.3 is 30.7 Å². The van der Waals surface area contributed by atoms with E-state index in [0.29, 0.717) is 53.0 Å². The number of hydrogen-bond acceptors (Lipinski definition) is 12. The maximum absolute atomic E-state index is 13.6. The van der Waals surface area contributed by atoms with Gasteiger partial charge in [-0.05, 0) is 141 Å². The number of hydrogen-bond donors (Lipinski definition) is 4. The molecule has 4 amide bonds. The van der Waals surface area contributed by atoms with E-state index in [4.69, 9.17) is 67.5 Å². The number of benzene rings is 5. The Balaban J connectivity index is 1.28. The number of rotatable bonds is 21. The molecule has 5 aromatic rings. The maximum atomic E-state index is 13.6. The van der Waals surface area contributed by atoms with Gasteiger partial charge in [0, 0.05) is 55.7 Å². The van der Waals surface area contributed by atoms with Crippen LogP contribution in [0.2, 0.25) is 10.0 Å². The van der Waals surface area contributed by atoms with Crippen molar-refractivity contribution in [1.82, 2.24) is 0 Å². The Kier molecular flexibility index (Phi) is 19.6. The van der Waals surface area contributed by atoms with Crippen molar-refractivity contribution in [2.24, 2.45) is 20.5 Å². The van der Waals surface area contributed by atoms with Crippen LogP contribution in [0.15, 0.2) is 111 Å². The third-order valence-electron chi connectivity index (χ3n) is 9.99. The number of carbonyl (C=O) groups excluding carboxylic acids is 6. The molecular formula is C48H45Cl5N8O8. The van der Waals surface area contributed by atoms with Crippen molar-refractivity contribution in [3.05, 3.63) is 129 Å². The van der Waals surface area contributed by atoms with Crippen LogP contribution in [-0.2, 0) is 32.0 Å². The number of anilines is 4. The van der Waals surface area contributed by atoms with Gasteiger partial charge >= 0.3 is 0 Å². The van der Waals surface area contributed by atoms with Gasteiger partial charge in [-0.2, -0.15) is 20.5 Å². The van der Waals surface area contributed by atoms with Crippen molar-refractivity contribution in [3.8, 4) is 11.5 Å². The number of nitrogens with one attached hydrogen (secondary N) is 4. The molecule has 5 aromatic carbocycles. The minimum Gasteiger partial charge on any atom is -0.497 e. The fourth-order valence-electron chi connectivity index (χ4n) is 6.55. The van der Waals surface area contributed by atoms with E-state index in [1.807, 2.05) is 0 Å². The number of nitrogens with zero attached hydrogens (tertiary/aromatic N) is 4. The Hall–Kier alpha value is -6.43. The second-order valence-electron chi connectivity index (χ2n) is 15.1. The summed E-state index contributed by atoms with van der Waals surface area (Å²) in [5.41, 5.74) is 3.65. The first-order chi connectivity index (χ1) is 32.9. The minimum absolute atomic E-state index is 0.0867. The molecule has 16 nitrogen and oxygen atoms in total.